The standard InChI is InChI=1S/C13H14N2O3/c1-9-8-12(18-15-9)13(17)14-11-4-2-10(3-5-11)6-7-16/h2-5,8,16H,6-7H2,1H3,(H,14,17). The minimum Gasteiger partial charge on any atom is -0.396 e. The highest BCUT2D eigenvalue weighted by Crippen LogP contribution is 2.12. The number of aliphatic hydroxyl groups is 1. The van der Waals surface area contributed by atoms with Crippen LogP contribution in [0, 0.1) is 6.92 Å². The number of anilines is 1. The van der Waals surface area contributed by atoms with E-state index in [-0.39, 0.29) is 18.3 Å². The van der Waals surface area contributed by atoms with E-state index in [0.717, 1.165) is 5.56 Å². The quantitative estimate of drug-likeness (QED) is 0.862. The van der Waals surface area contributed by atoms with Crippen LogP contribution in [-0.4, -0.2) is 22.8 Å². The summed E-state index contributed by atoms with van der Waals surface area (Å²) in [5.41, 5.74) is 2.36. The van der Waals surface area contributed by atoms with Crippen LogP contribution in [0.4, 0.5) is 5.69 Å². The van der Waals surface area contributed by atoms with E-state index in [9.17, 15) is 4.79 Å². The molecule has 94 valence electrons. The van der Waals surface area contributed by atoms with Crippen molar-refractivity contribution >= 4 is 11.6 Å². The maximum absolute atomic E-state index is 11.8. The van der Waals surface area contributed by atoms with Gasteiger partial charge in [0.05, 0.1) is 5.69 Å². The van der Waals surface area contributed by atoms with Crippen molar-refractivity contribution in [3.63, 3.8) is 0 Å². The van der Waals surface area contributed by atoms with Crippen molar-refractivity contribution in [2.45, 2.75) is 13.3 Å². The zero-order chi connectivity index (χ0) is 13.0. The molecule has 2 rings (SSSR count). The molecule has 0 spiro atoms. The van der Waals surface area contributed by atoms with Gasteiger partial charge in [-0.25, -0.2) is 0 Å². The summed E-state index contributed by atoms with van der Waals surface area (Å²) in [5.74, 6) is -0.141. The number of nitrogens with zero attached hydrogens (tertiary/aromatic N) is 1. The molecule has 1 aromatic heterocycles. The molecule has 0 saturated carbocycles. The van der Waals surface area contributed by atoms with Crippen LogP contribution in [0.25, 0.3) is 0 Å². The first-order valence-corrected chi connectivity index (χ1v) is 5.63. The van der Waals surface area contributed by atoms with Crippen LogP contribution in [0.5, 0.6) is 0 Å². The highest BCUT2D eigenvalue weighted by molar-refractivity contribution is 6.02. The third-order valence-electron chi connectivity index (χ3n) is 2.46. The average Bonchev–Trinajstić information content (AvgIpc) is 2.79. The summed E-state index contributed by atoms with van der Waals surface area (Å²) in [4.78, 5) is 11.8. The lowest BCUT2D eigenvalue weighted by atomic mass is 10.1. The van der Waals surface area contributed by atoms with Crippen molar-refractivity contribution in [2.75, 3.05) is 11.9 Å². The maximum atomic E-state index is 11.8. The maximum Gasteiger partial charge on any atom is 0.294 e. The Kier molecular flexibility index (Phi) is 3.74. The van der Waals surface area contributed by atoms with Gasteiger partial charge in [-0.2, -0.15) is 0 Å². The van der Waals surface area contributed by atoms with Gasteiger partial charge in [0.15, 0.2) is 0 Å². The van der Waals surface area contributed by atoms with Crippen molar-refractivity contribution in [1.29, 1.82) is 0 Å². The number of carbonyl (C=O) groups excluding carboxylic acids is 1. The lowest BCUT2D eigenvalue weighted by molar-refractivity contribution is 0.0988. The Morgan fingerprint density at radius 3 is 2.67 bits per heavy atom. The first-order chi connectivity index (χ1) is 8.69. The summed E-state index contributed by atoms with van der Waals surface area (Å²) in [5, 5.41) is 15.2. The molecule has 1 heterocycles. The Morgan fingerprint density at radius 2 is 2.11 bits per heavy atom. The van der Waals surface area contributed by atoms with Crippen molar-refractivity contribution in [1.82, 2.24) is 5.16 Å². The SMILES string of the molecule is Cc1cc(C(=O)Nc2ccc(CCO)cc2)on1. The number of aromatic nitrogens is 1. The van der Waals surface area contributed by atoms with E-state index < -0.39 is 0 Å². The first kappa shape index (κ1) is 12.3. The summed E-state index contributed by atoms with van der Waals surface area (Å²) < 4.78 is 4.87. The second-order valence-electron chi connectivity index (χ2n) is 3.96. The number of benzene rings is 1. The van der Waals surface area contributed by atoms with Gasteiger partial charge >= 0.3 is 0 Å². The van der Waals surface area contributed by atoms with Gasteiger partial charge in [-0.1, -0.05) is 17.3 Å². The Morgan fingerprint density at radius 1 is 1.39 bits per heavy atom. The fourth-order valence-corrected chi connectivity index (χ4v) is 1.55. The second kappa shape index (κ2) is 5.46. The summed E-state index contributed by atoms with van der Waals surface area (Å²) in [6, 6.07) is 8.86. The number of nitrogens with one attached hydrogen (secondary N) is 1. The normalized spacial score (nSPS) is 10.3. The zero-order valence-corrected chi connectivity index (χ0v) is 10.0. The number of hydrogen-bond acceptors (Lipinski definition) is 4. The molecule has 2 N–H and O–H groups in total. The molecule has 0 unspecified atom stereocenters. The highest BCUT2D eigenvalue weighted by Gasteiger charge is 2.11. The number of carbonyl (C=O) groups is 1. The Balaban J connectivity index is 2.03. The number of aliphatic hydroxyl groups excluding tert-OH is 1. The molecule has 0 aliphatic carbocycles. The van der Waals surface area contributed by atoms with E-state index in [2.05, 4.69) is 10.5 Å². The Bertz CT molecular complexity index is 531. The van der Waals surface area contributed by atoms with Crippen molar-refractivity contribution < 1.29 is 14.4 Å². The van der Waals surface area contributed by atoms with E-state index in [1.54, 1.807) is 25.1 Å². The molecule has 0 fully saturated rings. The van der Waals surface area contributed by atoms with Gasteiger partial charge in [0.25, 0.3) is 5.91 Å². The molecule has 5 nitrogen and oxygen atoms in total. The molecule has 0 bridgehead atoms. The smallest absolute Gasteiger partial charge is 0.294 e. The molecule has 18 heavy (non-hydrogen) atoms. The van der Waals surface area contributed by atoms with E-state index in [0.29, 0.717) is 17.8 Å². The number of rotatable bonds is 4. The molecule has 0 aliphatic rings. The predicted molar refractivity (Wildman–Crippen MR) is 66.4 cm³/mol. The Hall–Kier alpha value is -2.14. The van der Waals surface area contributed by atoms with Crippen molar-refractivity contribution in [3.05, 3.63) is 47.3 Å². The van der Waals surface area contributed by atoms with Crippen LogP contribution in [0.15, 0.2) is 34.9 Å². The lowest BCUT2D eigenvalue weighted by Crippen LogP contribution is -2.10. The van der Waals surface area contributed by atoms with E-state index >= 15 is 0 Å². The molecule has 5 heteroatoms. The van der Waals surface area contributed by atoms with Crippen molar-refractivity contribution in [3.8, 4) is 0 Å². The molecule has 0 saturated heterocycles. The van der Waals surface area contributed by atoms with Gasteiger partial charge in [0.2, 0.25) is 5.76 Å². The lowest BCUT2D eigenvalue weighted by Gasteiger charge is -2.04. The monoisotopic (exact) mass is 246 g/mol. The third kappa shape index (κ3) is 2.95. The third-order valence-corrected chi connectivity index (χ3v) is 2.46. The van der Waals surface area contributed by atoms with Crippen LogP contribution < -0.4 is 5.32 Å². The molecule has 0 atom stereocenters. The zero-order valence-electron chi connectivity index (χ0n) is 10.0. The van der Waals surface area contributed by atoms with Crippen LogP contribution in [0.1, 0.15) is 21.8 Å². The van der Waals surface area contributed by atoms with Gasteiger partial charge in [-0.15, -0.1) is 0 Å². The van der Waals surface area contributed by atoms with Gasteiger partial charge in [0.1, 0.15) is 0 Å². The van der Waals surface area contributed by atoms with Crippen molar-refractivity contribution in [2.24, 2.45) is 0 Å². The minimum absolute atomic E-state index is 0.114. The molecule has 0 aliphatic heterocycles. The molecule has 1 amide bonds. The van der Waals surface area contributed by atoms with Crippen LogP contribution in [-0.2, 0) is 6.42 Å². The largest absolute Gasteiger partial charge is 0.396 e. The molecule has 1 aromatic carbocycles. The van der Waals surface area contributed by atoms with Crippen LogP contribution >= 0.6 is 0 Å². The highest BCUT2D eigenvalue weighted by atomic mass is 16.5. The topological polar surface area (TPSA) is 75.4 Å². The van der Waals surface area contributed by atoms with Gasteiger partial charge < -0.3 is 14.9 Å². The second-order valence-corrected chi connectivity index (χ2v) is 3.96. The molecule has 0 radical (unpaired) electrons. The van der Waals surface area contributed by atoms with Gasteiger partial charge in [-0.05, 0) is 31.0 Å². The molecular formula is C13H14N2O3. The summed E-state index contributed by atoms with van der Waals surface area (Å²) in [6.07, 6.45) is 0.607. The minimum atomic E-state index is -0.328. The summed E-state index contributed by atoms with van der Waals surface area (Å²) in [6.45, 7) is 1.87. The number of amides is 1. The molecule has 2 aromatic rings. The Labute approximate surface area is 104 Å². The fraction of sp³-hybridized carbons (Fsp3) is 0.231. The summed E-state index contributed by atoms with van der Waals surface area (Å²) >= 11 is 0. The van der Waals surface area contributed by atoms with E-state index in [1.807, 2.05) is 12.1 Å². The average molecular weight is 246 g/mol. The fourth-order valence-electron chi connectivity index (χ4n) is 1.55. The number of hydrogen-bond donors (Lipinski definition) is 2. The van der Waals surface area contributed by atoms with Gasteiger partial charge in [0, 0.05) is 18.4 Å². The first-order valence-electron chi connectivity index (χ1n) is 5.63. The number of aryl methyl sites for hydroxylation is 1. The van der Waals surface area contributed by atoms with Gasteiger partial charge in [-0.3, -0.25) is 4.79 Å². The molecular weight excluding hydrogens is 232 g/mol. The van der Waals surface area contributed by atoms with Crippen LogP contribution in [0.3, 0.4) is 0 Å². The van der Waals surface area contributed by atoms with E-state index in [4.69, 9.17) is 9.63 Å². The summed E-state index contributed by atoms with van der Waals surface area (Å²) in [7, 11) is 0. The van der Waals surface area contributed by atoms with E-state index in [1.165, 1.54) is 0 Å². The van der Waals surface area contributed by atoms with Crippen LogP contribution in [0.2, 0.25) is 0 Å². The predicted octanol–water partition coefficient (Wildman–Crippen LogP) is 1.77.